The highest BCUT2D eigenvalue weighted by Gasteiger charge is 2.54. The van der Waals surface area contributed by atoms with Crippen LogP contribution in [0.25, 0.3) is 5.69 Å². The summed E-state index contributed by atoms with van der Waals surface area (Å²) in [6, 6.07) is 8.32. The summed E-state index contributed by atoms with van der Waals surface area (Å²) in [4.78, 5) is 12.8. The molecule has 3 aromatic rings. The standard InChI is InChI=1S/C19H15F3N2O2/c1-12(19(11-26-19)16-7-4-14(21)10-17(16)22)23-8-9-24(18(23)25)15-5-2-13(20)3-6-15/h2-10,12H,11H2,1H3/t12-,19+/m1/s1. The van der Waals surface area contributed by atoms with Crippen molar-refractivity contribution in [1.29, 1.82) is 0 Å². The molecule has 2 aromatic carbocycles. The third-order valence-corrected chi connectivity index (χ3v) is 4.84. The van der Waals surface area contributed by atoms with Crippen molar-refractivity contribution in [2.45, 2.75) is 18.6 Å². The van der Waals surface area contributed by atoms with E-state index in [-0.39, 0.29) is 17.9 Å². The molecule has 0 aliphatic carbocycles. The van der Waals surface area contributed by atoms with Crippen LogP contribution in [0.5, 0.6) is 0 Å². The SMILES string of the molecule is C[C@@H](n1ccn(-c2ccc(F)cc2)c1=O)[C@]1(c2ccc(F)cc2F)CO1. The monoisotopic (exact) mass is 360 g/mol. The van der Waals surface area contributed by atoms with Crippen molar-refractivity contribution in [1.82, 2.24) is 9.13 Å². The summed E-state index contributed by atoms with van der Waals surface area (Å²) >= 11 is 0. The lowest BCUT2D eigenvalue weighted by molar-refractivity contribution is 0.222. The molecule has 0 radical (unpaired) electrons. The van der Waals surface area contributed by atoms with E-state index < -0.39 is 29.1 Å². The van der Waals surface area contributed by atoms with Gasteiger partial charge in [0, 0.05) is 24.0 Å². The van der Waals surface area contributed by atoms with Gasteiger partial charge in [0.1, 0.15) is 23.1 Å². The number of nitrogens with zero attached hydrogens (tertiary/aromatic N) is 2. The van der Waals surface area contributed by atoms with Gasteiger partial charge in [-0.3, -0.25) is 9.13 Å². The number of ether oxygens (including phenoxy) is 1. The van der Waals surface area contributed by atoms with Gasteiger partial charge in [-0.1, -0.05) is 6.07 Å². The lowest BCUT2D eigenvalue weighted by Gasteiger charge is -2.22. The second-order valence-electron chi connectivity index (χ2n) is 6.31. The first-order valence-electron chi connectivity index (χ1n) is 8.07. The summed E-state index contributed by atoms with van der Waals surface area (Å²) in [5, 5.41) is 0. The first kappa shape index (κ1) is 16.7. The lowest BCUT2D eigenvalue weighted by Crippen LogP contribution is -2.32. The minimum atomic E-state index is -1.02. The third kappa shape index (κ3) is 2.55. The van der Waals surface area contributed by atoms with Crippen molar-refractivity contribution in [2.24, 2.45) is 0 Å². The van der Waals surface area contributed by atoms with E-state index in [1.807, 2.05) is 0 Å². The van der Waals surface area contributed by atoms with Crippen LogP contribution >= 0.6 is 0 Å². The Labute approximate surface area is 147 Å². The molecule has 1 fully saturated rings. The summed E-state index contributed by atoms with van der Waals surface area (Å²) in [6.45, 7) is 1.97. The number of halogens is 3. The van der Waals surface area contributed by atoms with Crippen LogP contribution in [0.2, 0.25) is 0 Å². The fourth-order valence-corrected chi connectivity index (χ4v) is 3.24. The smallest absolute Gasteiger partial charge is 0.333 e. The van der Waals surface area contributed by atoms with Crippen LogP contribution in [0.4, 0.5) is 13.2 Å². The van der Waals surface area contributed by atoms with Gasteiger partial charge in [-0.15, -0.1) is 0 Å². The van der Waals surface area contributed by atoms with E-state index in [0.29, 0.717) is 5.69 Å². The summed E-state index contributed by atoms with van der Waals surface area (Å²) < 4.78 is 48.8. The normalized spacial score (nSPS) is 20.2. The molecule has 0 amide bonds. The molecule has 4 nitrogen and oxygen atoms in total. The summed E-state index contributed by atoms with van der Waals surface area (Å²) in [5.41, 5.74) is -0.647. The molecule has 4 rings (SSSR count). The van der Waals surface area contributed by atoms with Gasteiger partial charge in [-0.2, -0.15) is 0 Å². The van der Waals surface area contributed by atoms with Crippen molar-refractivity contribution in [3.05, 3.63) is 88.4 Å². The molecule has 134 valence electrons. The first-order chi connectivity index (χ1) is 12.4. The minimum absolute atomic E-state index is 0.216. The summed E-state index contributed by atoms with van der Waals surface area (Å²) in [6.07, 6.45) is 3.13. The molecule has 1 aromatic heterocycles. The Hall–Kier alpha value is -2.80. The van der Waals surface area contributed by atoms with E-state index in [0.717, 1.165) is 6.07 Å². The molecule has 0 unspecified atom stereocenters. The van der Waals surface area contributed by atoms with Gasteiger partial charge < -0.3 is 4.74 Å². The number of hydrogen-bond donors (Lipinski definition) is 0. The molecule has 0 saturated carbocycles. The Bertz CT molecular complexity index is 1020. The van der Waals surface area contributed by atoms with E-state index in [9.17, 15) is 18.0 Å². The average molecular weight is 360 g/mol. The summed E-state index contributed by atoms with van der Waals surface area (Å²) in [5.74, 6) is -1.78. The Morgan fingerprint density at radius 2 is 1.69 bits per heavy atom. The van der Waals surface area contributed by atoms with Crippen molar-refractivity contribution in [2.75, 3.05) is 6.61 Å². The molecular weight excluding hydrogens is 345 g/mol. The Morgan fingerprint density at radius 3 is 2.31 bits per heavy atom. The Balaban J connectivity index is 1.72. The first-order valence-corrected chi connectivity index (χ1v) is 8.07. The highest BCUT2D eigenvalue weighted by molar-refractivity contribution is 5.33. The quantitative estimate of drug-likeness (QED) is 0.668. The zero-order chi connectivity index (χ0) is 18.5. The Kier molecular flexibility index (Phi) is 3.77. The van der Waals surface area contributed by atoms with Crippen LogP contribution in [-0.2, 0) is 10.3 Å². The number of imidazole rings is 1. The molecule has 1 aliphatic rings. The Morgan fingerprint density at radius 1 is 1.04 bits per heavy atom. The number of epoxide rings is 1. The van der Waals surface area contributed by atoms with Gasteiger partial charge in [0.15, 0.2) is 0 Å². The van der Waals surface area contributed by atoms with Crippen LogP contribution in [-0.4, -0.2) is 15.7 Å². The van der Waals surface area contributed by atoms with Crippen LogP contribution < -0.4 is 5.69 Å². The number of hydrogen-bond acceptors (Lipinski definition) is 2. The van der Waals surface area contributed by atoms with Gasteiger partial charge in [0.05, 0.1) is 18.3 Å². The minimum Gasteiger partial charge on any atom is -0.362 e. The maximum Gasteiger partial charge on any atom is 0.333 e. The maximum atomic E-state index is 14.2. The van der Waals surface area contributed by atoms with Crippen molar-refractivity contribution in [3.8, 4) is 5.69 Å². The van der Waals surface area contributed by atoms with Crippen molar-refractivity contribution in [3.63, 3.8) is 0 Å². The maximum absolute atomic E-state index is 14.2. The topological polar surface area (TPSA) is 39.5 Å². The highest BCUT2D eigenvalue weighted by Crippen LogP contribution is 2.48. The van der Waals surface area contributed by atoms with Gasteiger partial charge in [0.25, 0.3) is 0 Å². The fraction of sp³-hybridized carbons (Fsp3) is 0.211. The van der Waals surface area contributed by atoms with E-state index in [1.54, 1.807) is 19.3 Å². The molecule has 2 atom stereocenters. The summed E-state index contributed by atoms with van der Waals surface area (Å²) in [7, 11) is 0. The molecule has 0 bridgehead atoms. The van der Waals surface area contributed by atoms with E-state index in [4.69, 9.17) is 4.74 Å². The molecule has 1 aliphatic heterocycles. The zero-order valence-electron chi connectivity index (χ0n) is 13.8. The van der Waals surface area contributed by atoms with Gasteiger partial charge in [-0.05, 0) is 37.3 Å². The molecule has 0 spiro atoms. The molecule has 26 heavy (non-hydrogen) atoms. The van der Waals surface area contributed by atoms with E-state index >= 15 is 0 Å². The van der Waals surface area contributed by atoms with Crippen LogP contribution in [0, 0.1) is 17.5 Å². The number of benzene rings is 2. The zero-order valence-corrected chi connectivity index (χ0v) is 13.8. The van der Waals surface area contributed by atoms with Crippen molar-refractivity contribution < 1.29 is 17.9 Å². The number of aromatic nitrogens is 2. The second kappa shape index (κ2) is 5.88. The van der Waals surface area contributed by atoms with E-state index in [1.165, 1.54) is 45.5 Å². The average Bonchev–Trinajstić information content (AvgIpc) is 3.32. The van der Waals surface area contributed by atoms with Crippen molar-refractivity contribution >= 4 is 0 Å². The molecule has 1 saturated heterocycles. The fourth-order valence-electron chi connectivity index (χ4n) is 3.24. The van der Waals surface area contributed by atoms with Gasteiger partial charge >= 0.3 is 5.69 Å². The van der Waals surface area contributed by atoms with Gasteiger partial charge in [0.2, 0.25) is 0 Å². The molecular formula is C19H15F3N2O2. The van der Waals surface area contributed by atoms with E-state index in [2.05, 4.69) is 0 Å². The highest BCUT2D eigenvalue weighted by atomic mass is 19.1. The molecule has 0 N–H and O–H groups in total. The van der Waals surface area contributed by atoms with Crippen LogP contribution in [0.3, 0.4) is 0 Å². The van der Waals surface area contributed by atoms with Gasteiger partial charge in [-0.25, -0.2) is 18.0 Å². The lowest BCUT2D eigenvalue weighted by atomic mass is 9.92. The van der Waals surface area contributed by atoms with Crippen LogP contribution in [0.15, 0.2) is 59.7 Å². The second-order valence-corrected chi connectivity index (χ2v) is 6.31. The number of rotatable bonds is 4. The predicted molar refractivity (Wildman–Crippen MR) is 88.7 cm³/mol. The predicted octanol–water partition coefficient (Wildman–Crippen LogP) is 3.54. The molecule has 2 heterocycles. The largest absolute Gasteiger partial charge is 0.362 e. The third-order valence-electron chi connectivity index (χ3n) is 4.84. The van der Waals surface area contributed by atoms with Crippen LogP contribution in [0.1, 0.15) is 18.5 Å². The molecule has 7 heteroatoms.